The van der Waals surface area contributed by atoms with Crippen molar-refractivity contribution >= 4 is 0 Å². The first-order chi connectivity index (χ1) is 10.4. The highest BCUT2D eigenvalue weighted by atomic mass is 16.3. The van der Waals surface area contributed by atoms with Crippen molar-refractivity contribution in [1.82, 2.24) is 0 Å². The fourth-order valence-electron chi connectivity index (χ4n) is 7.27. The molecule has 0 aromatic carbocycles. The number of rotatable bonds is 0. The van der Waals surface area contributed by atoms with Crippen LogP contribution in [0.1, 0.15) is 65.2 Å². The van der Waals surface area contributed by atoms with Crippen molar-refractivity contribution in [2.24, 2.45) is 34.5 Å². The highest BCUT2D eigenvalue weighted by Gasteiger charge is 2.62. The van der Waals surface area contributed by atoms with E-state index in [1.165, 1.54) is 19.3 Å². The Morgan fingerprint density at radius 3 is 2.32 bits per heavy atom. The number of fused-ring (bicyclic) bond motifs is 5. The van der Waals surface area contributed by atoms with E-state index in [1.54, 1.807) is 0 Å². The number of aliphatic hydroxyl groups excluding tert-OH is 3. The molecule has 0 bridgehead atoms. The molecule has 3 heteroatoms. The van der Waals surface area contributed by atoms with E-state index in [2.05, 4.69) is 13.8 Å². The molecule has 0 aromatic rings. The monoisotopic (exact) mass is 308 g/mol. The van der Waals surface area contributed by atoms with Crippen LogP contribution in [0.15, 0.2) is 0 Å². The largest absolute Gasteiger partial charge is 0.393 e. The zero-order valence-corrected chi connectivity index (χ0v) is 14.0. The van der Waals surface area contributed by atoms with E-state index < -0.39 is 0 Å². The van der Waals surface area contributed by atoms with Crippen LogP contribution in [0, 0.1) is 34.5 Å². The van der Waals surface area contributed by atoms with Gasteiger partial charge in [0.05, 0.1) is 18.3 Å². The van der Waals surface area contributed by atoms with Gasteiger partial charge in [-0.25, -0.2) is 0 Å². The van der Waals surface area contributed by atoms with E-state index >= 15 is 0 Å². The summed E-state index contributed by atoms with van der Waals surface area (Å²) in [6.45, 7) is 4.68. The van der Waals surface area contributed by atoms with Gasteiger partial charge >= 0.3 is 0 Å². The van der Waals surface area contributed by atoms with E-state index in [1.807, 2.05) is 0 Å². The van der Waals surface area contributed by atoms with Gasteiger partial charge in [-0.1, -0.05) is 13.8 Å². The molecule has 0 aromatic heterocycles. The van der Waals surface area contributed by atoms with Gasteiger partial charge in [-0.3, -0.25) is 0 Å². The van der Waals surface area contributed by atoms with Crippen LogP contribution in [0.5, 0.6) is 0 Å². The highest BCUT2D eigenvalue weighted by Crippen LogP contribution is 2.66. The summed E-state index contributed by atoms with van der Waals surface area (Å²) in [4.78, 5) is 0. The van der Waals surface area contributed by atoms with Crippen LogP contribution in [-0.4, -0.2) is 33.6 Å². The predicted molar refractivity (Wildman–Crippen MR) is 85.1 cm³/mol. The minimum atomic E-state index is -0.327. The molecule has 0 aliphatic heterocycles. The van der Waals surface area contributed by atoms with Crippen LogP contribution in [0.25, 0.3) is 0 Å². The van der Waals surface area contributed by atoms with E-state index in [-0.39, 0.29) is 29.6 Å². The van der Waals surface area contributed by atoms with E-state index in [0.717, 1.165) is 25.7 Å². The van der Waals surface area contributed by atoms with Crippen LogP contribution in [0.3, 0.4) is 0 Å². The second kappa shape index (κ2) is 4.94. The molecule has 3 nitrogen and oxygen atoms in total. The Kier molecular flexibility index (Phi) is 3.46. The molecule has 0 spiro atoms. The molecular weight excluding hydrogens is 276 g/mol. The van der Waals surface area contributed by atoms with Crippen molar-refractivity contribution in [2.75, 3.05) is 0 Å². The molecule has 9 atom stereocenters. The zero-order chi connectivity index (χ0) is 15.7. The molecule has 0 heterocycles. The third-order valence-electron chi connectivity index (χ3n) is 8.58. The summed E-state index contributed by atoms with van der Waals surface area (Å²) in [5.41, 5.74) is 0.273. The lowest BCUT2D eigenvalue weighted by Gasteiger charge is -2.60. The summed E-state index contributed by atoms with van der Waals surface area (Å²) in [5, 5.41) is 31.2. The molecule has 4 aliphatic rings. The smallest absolute Gasteiger partial charge is 0.0622 e. The molecule has 0 amide bonds. The van der Waals surface area contributed by atoms with Gasteiger partial charge in [0.15, 0.2) is 0 Å². The maximum absolute atomic E-state index is 10.6. The van der Waals surface area contributed by atoms with Gasteiger partial charge in [0.25, 0.3) is 0 Å². The molecule has 126 valence electrons. The molecule has 3 N–H and O–H groups in total. The molecule has 4 rings (SSSR count). The SMILES string of the molecule is C[C@]12CC[C@H]3[C@@H](CC[C@H]4C[C@@H](O)CC[C@@]43C)[C@@H]1[C@@H](O)C[C@@H]2O. The summed E-state index contributed by atoms with van der Waals surface area (Å²) in [5.74, 6) is 2.19. The maximum atomic E-state index is 10.6. The highest BCUT2D eigenvalue weighted by molar-refractivity contribution is 5.11. The van der Waals surface area contributed by atoms with Crippen molar-refractivity contribution < 1.29 is 15.3 Å². The molecule has 4 aliphatic carbocycles. The van der Waals surface area contributed by atoms with Crippen molar-refractivity contribution in [1.29, 1.82) is 0 Å². The lowest BCUT2D eigenvalue weighted by molar-refractivity contribution is -0.145. The quantitative estimate of drug-likeness (QED) is 0.645. The summed E-state index contributed by atoms with van der Waals surface area (Å²) >= 11 is 0. The maximum Gasteiger partial charge on any atom is 0.0622 e. The minimum absolute atomic E-state index is 0.0715. The summed E-state index contributed by atoms with van der Waals surface area (Å²) < 4.78 is 0. The minimum Gasteiger partial charge on any atom is -0.393 e. The fourth-order valence-corrected chi connectivity index (χ4v) is 7.27. The Bertz CT molecular complexity index is 452. The van der Waals surface area contributed by atoms with Crippen LogP contribution in [0.4, 0.5) is 0 Å². The lowest BCUT2D eigenvalue weighted by Crippen LogP contribution is -2.55. The Balaban J connectivity index is 1.65. The topological polar surface area (TPSA) is 60.7 Å². The average molecular weight is 308 g/mol. The van der Waals surface area contributed by atoms with Crippen LogP contribution in [-0.2, 0) is 0 Å². The van der Waals surface area contributed by atoms with Gasteiger partial charge in [-0.05, 0) is 79.4 Å². The first-order valence-electron chi connectivity index (χ1n) is 9.40. The van der Waals surface area contributed by atoms with Crippen molar-refractivity contribution in [2.45, 2.75) is 83.5 Å². The Morgan fingerprint density at radius 2 is 1.55 bits per heavy atom. The molecule has 4 fully saturated rings. The van der Waals surface area contributed by atoms with Gasteiger partial charge in [-0.2, -0.15) is 0 Å². The standard InChI is InChI=1S/C19H32O3/c1-18-7-5-12(20)9-11(18)3-4-13-14(18)6-8-19(2)16(22)10-15(21)17(13)19/h11-17,20-22H,3-10H2,1-2H3/t11-,12-,13+,14-,15-,16-,17+,18-,19+/m0/s1. The predicted octanol–water partition coefficient (Wildman–Crippen LogP) is 2.72. The average Bonchev–Trinajstić information content (AvgIpc) is 2.70. The third kappa shape index (κ3) is 1.91. The fraction of sp³-hybridized carbons (Fsp3) is 1.00. The molecular formula is C19H32O3. The van der Waals surface area contributed by atoms with Crippen molar-refractivity contribution in [3.63, 3.8) is 0 Å². The van der Waals surface area contributed by atoms with Gasteiger partial charge < -0.3 is 15.3 Å². The number of hydrogen-bond donors (Lipinski definition) is 3. The van der Waals surface area contributed by atoms with Crippen molar-refractivity contribution in [3.8, 4) is 0 Å². The first-order valence-corrected chi connectivity index (χ1v) is 9.40. The second-order valence-electron chi connectivity index (χ2n) is 9.37. The normalized spacial score (nSPS) is 61.2. The molecule has 4 saturated carbocycles. The van der Waals surface area contributed by atoms with Crippen molar-refractivity contribution in [3.05, 3.63) is 0 Å². The summed E-state index contributed by atoms with van der Waals surface area (Å²) in [6.07, 6.45) is 7.54. The Hall–Kier alpha value is -0.120. The van der Waals surface area contributed by atoms with E-state index in [4.69, 9.17) is 0 Å². The van der Waals surface area contributed by atoms with E-state index in [0.29, 0.717) is 29.6 Å². The van der Waals surface area contributed by atoms with Gasteiger partial charge in [0, 0.05) is 6.42 Å². The van der Waals surface area contributed by atoms with Gasteiger partial charge in [-0.15, -0.1) is 0 Å². The molecule has 0 unspecified atom stereocenters. The van der Waals surface area contributed by atoms with Crippen LogP contribution < -0.4 is 0 Å². The van der Waals surface area contributed by atoms with Crippen LogP contribution in [0.2, 0.25) is 0 Å². The Morgan fingerprint density at radius 1 is 0.818 bits per heavy atom. The number of aliphatic hydroxyl groups is 3. The van der Waals surface area contributed by atoms with Gasteiger partial charge in [0.2, 0.25) is 0 Å². The zero-order valence-electron chi connectivity index (χ0n) is 14.0. The second-order valence-corrected chi connectivity index (χ2v) is 9.37. The molecule has 0 saturated heterocycles. The number of hydrogen-bond acceptors (Lipinski definition) is 3. The van der Waals surface area contributed by atoms with E-state index in [9.17, 15) is 15.3 Å². The molecule has 0 radical (unpaired) electrons. The summed E-state index contributed by atoms with van der Waals surface area (Å²) in [7, 11) is 0. The third-order valence-corrected chi connectivity index (χ3v) is 8.58. The lowest BCUT2D eigenvalue weighted by atomic mass is 9.45. The summed E-state index contributed by atoms with van der Waals surface area (Å²) in [6, 6.07) is 0. The molecule has 22 heavy (non-hydrogen) atoms. The Labute approximate surface area is 134 Å². The van der Waals surface area contributed by atoms with Gasteiger partial charge in [0.1, 0.15) is 0 Å². The van der Waals surface area contributed by atoms with Crippen LogP contribution >= 0.6 is 0 Å². The first kappa shape index (κ1) is 15.4.